The Labute approximate surface area is 106 Å². The highest BCUT2D eigenvalue weighted by Gasteiger charge is 2.29. The molecule has 2 rings (SSSR count). The predicted molar refractivity (Wildman–Crippen MR) is 67.2 cm³/mol. The number of aromatic amines is 1. The third kappa shape index (κ3) is 2.04. The maximum Gasteiger partial charge on any atom is 0.266 e. The van der Waals surface area contributed by atoms with Crippen LogP contribution in [0.15, 0.2) is 11.1 Å². The van der Waals surface area contributed by atoms with Crippen LogP contribution in [-0.4, -0.2) is 40.4 Å². The van der Waals surface area contributed by atoms with E-state index in [2.05, 4.69) is 15.3 Å². The Bertz CT molecular complexity index is 473. The van der Waals surface area contributed by atoms with E-state index in [4.69, 9.17) is 0 Å². The molecule has 2 heterocycles. The molecule has 1 aromatic heterocycles. The fourth-order valence-corrected chi connectivity index (χ4v) is 2.06. The van der Waals surface area contributed by atoms with Gasteiger partial charge in [-0.1, -0.05) is 0 Å². The summed E-state index contributed by atoms with van der Waals surface area (Å²) in [5.74, 6) is 0.510. The van der Waals surface area contributed by atoms with Crippen molar-refractivity contribution in [2.45, 2.75) is 12.5 Å². The molecular formula is C9H11IN4O2. The van der Waals surface area contributed by atoms with Crippen LogP contribution in [-0.2, 0) is 4.79 Å². The van der Waals surface area contributed by atoms with Crippen molar-refractivity contribution in [3.05, 3.63) is 20.3 Å². The third-order valence-corrected chi connectivity index (χ3v) is 3.54. The van der Waals surface area contributed by atoms with Gasteiger partial charge in [-0.25, -0.2) is 4.98 Å². The molecule has 1 saturated heterocycles. The fourth-order valence-electron chi connectivity index (χ4n) is 1.61. The Morgan fingerprint density at radius 1 is 1.62 bits per heavy atom. The maximum absolute atomic E-state index is 11.7. The van der Waals surface area contributed by atoms with Crippen LogP contribution < -0.4 is 10.9 Å². The quantitative estimate of drug-likeness (QED) is 0.748. The van der Waals surface area contributed by atoms with Gasteiger partial charge in [0.1, 0.15) is 15.4 Å². The molecule has 1 atom stereocenters. The minimum atomic E-state index is -0.271. The summed E-state index contributed by atoms with van der Waals surface area (Å²) in [5.41, 5.74) is -0.197. The number of carbonyl (C=O) groups excluding carboxylic acids is 1. The lowest BCUT2D eigenvalue weighted by Gasteiger charge is -2.13. The van der Waals surface area contributed by atoms with Gasteiger partial charge >= 0.3 is 0 Å². The molecule has 7 heteroatoms. The SMILES string of the molecule is CN1CCC(Nc2nc[nH]c(=O)c2I)C1=O. The second-order valence-electron chi connectivity index (χ2n) is 3.64. The van der Waals surface area contributed by atoms with Crippen LogP contribution in [0.1, 0.15) is 6.42 Å². The third-order valence-electron chi connectivity index (χ3n) is 2.54. The van der Waals surface area contributed by atoms with Crippen LogP contribution in [0.4, 0.5) is 5.82 Å². The van der Waals surface area contributed by atoms with Crippen molar-refractivity contribution >= 4 is 34.3 Å². The molecule has 0 aliphatic carbocycles. The first-order valence-electron chi connectivity index (χ1n) is 4.84. The molecule has 16 heavy (non-hydrogen) atoms. The number of amides is 1. The van der Waals surface area contributed by atoms with Gasteiger partial charge in [0.05, 0.1) is 6.33 Å². The molecule has 0 spiro atoms. The van der Waals surface area contributed by atoms with Crippen LogP contribution in [0.25, 0.3) is 0 Å². The lowest BCUT2D eigenvalue weighted by molar-refractivity contribution is -0.127. The number of hydrogen-bond acceptors (Lipinski definition) is 4. The summed E-state index contributed by atoms with van der Waals surface area (Å²) in [5, 5.41) is 3.00. The molecule has 1 unspecified atom stereocenters. The van der Waals surface area contributed by atoms with Gasteiger partial charge in [0.25, 0.3) is 5.56 Å². The van der Waals surface area contributed by atoms with Gasteiger partial charge in [0, 0.05) is 13.6 Å². The van der Waals surface area contributed by atoms with Crippen LogP contribution >= 0.6 is 22.6 Å². The average molecular weight is 334 g/mol. The largest absolute Gasteiger partial charge is 0.357 e. The van der Waals surface area contributed by atoms with Crippen molar-refractivity contribution < 1.29 is 4.79 Å². The molecule has 1 fully saturated rings. The van der Waals surface area contributed by atoms with Gasteiger partial charge in [-0.05, 0) is 29.0 Å². The molecule has 1 aliphatic rings. The minimum absolute atomic E-state index is 0.0397. The lowest BCUT2D eigenvalue weighted by atomic mass is 10.2. The minimum Gasteiger partial charge on any atom is -0.357 e. The Morgan fingerprint density at radius 2 is 2.38 bits per heavy atom. The first-order valence-corrected chi connectivity index (χ1v) is 5.92. The van der Waals surface area contributed by atoms with Gasteiger partial charge in [-0.15, -0.1) is 0 Å². The number of hydrogen-bond donors (Lipinski definition) is 2. The van der Waals surface area contributed by atoms with Gasteiger partial charge in [-0.3, -0.25) is 9.59 Å². The lowest BCUT2D eigenvalue weighted by Crippen LogP contribution is -2.32. The van der Waals surface area contributed by atoms with Crippen LogP contribution in [0.5, 0.6) is 0 Å². The van der Waals surface area contributed by atoms with Crippen LogP contribution in [0.3, 0.4) is 0 Å². The smallest absolute Gasteiger partial charge is 0.266 e. The highest BCUT2D eigenvalue weighted by Crippen LogP contribution is 2.16. The number of rotatable bonds is 2. The summed E-state index contributed by atoms with van der Waals surface area (Å²) in [7, 11) is 1.76. The second-order valence-corrected chi connectivity index (χ2v) is 4.72. The van der Waals surface area contributed by atoms with E-state index < -0.39 is 0 Å². The number of H-pyrrole nitrogens is 1. The summed E-state index contributed by atoms with van der Waals surface area (Å²) in [4.78, 5) is 31.1. The van der Waals surface area contributed by atoms with Crippen LogP contribution in [0, 0.1) is 3.57 Å². The zero-order valence-corrected chi connectivity index (χ0v) is 10.8. The molecule has 0 bridgehead atoms. The number of anilines is 1. The Morgan fingerprint density at radius 3 is 3.00 bits per heavy atom. The summed E-state index contributed by atoms with van der Waals surface area (Å²) in [6.07, 6.45) is 2.07. The highest BCUT2D eigenvalue weighted by molar-refractivity contribution is 14.1. The molecule has 2 N–H and O–H groups in total. The van der Waals surface area contributed by atoms with E-state index >= 15 is 0 Å². The molecule has 86 valence electrons. The highest BCUT2D eigenvalue weighted by atomic mass is 127. The van der Waals surface area contributed by atoms with Gasteiger partial charge in [-0.2, -0.15) is 0 Å². The molecule has 1 aromatic rings. The van der Waals surface area contributed by atoms with Crippen molar-refractivity contribution in [2.24, 2.45) is 0 Å². The zero-order valence-electron chi connectivity index (χ0n) is 8.66. The molecular weight excluding hydrogens is 323 g/mol. The van der Waals surface area contributed by atoms with Gasteiger partial charge in [0.2, 0.25) is 5.91 Å². The van der Waals surface area contributed by atoms with Crippen molar-refractivity contribution in [2.75, 3.05) is 18.9 Å². The van der Waals surface area contributed by atoms with Crippen molar-refractivity contribution in [1.29, 1.82) is 0 Å². The molecule has 0 saturated carbocycles. The number of halogens is 1. The first-order chi connectivity index (χ1) is 7.59. The van der Waals surface area contributed by atoms with E-state index in [-0.39, 0.29) is 17.5 Å². The van der Waals surface area contributed by atoms with Crippen molar-refractivity contribution in [1.82, 2.24) is 14.9 Å². The van der Waals surface area contributed by atoms with E-state index in [1.165, 1.54) is 6.33 Å². The van der Waals surface area contributed by atoms with E-state index in [0.717, 1.165) is 13.0 Å². The average Bonchev–Trinajstić information content (AvgIpc) is 2.57. The van der Waals surface area contributed by atoms with E-state index in [1.54, 1.807) is 11.9 Å². The first kappa shape index (κ1) is 11.4. The number of aromatic nitrogens is 2. The zero-order chi connectivity index (χ0) is 11.7. The number of nitrogens with zero attached hydrogens (tertiary/aromatic N) is 2. The summed E-state index contributed by atoms with van der Waals surface area (Å²) >= 11 is 1.91. The maximum atomic E-state index is 11.7. The predicted octanol–water partition coefficient (Wildman–Crippen LogP) is 0.0171. The topological polar surface area (TPSA) is 78.1 Å². The standard InChI is InChI=1S/C9H11IN4O2/c1-14-3-2-5(9(14)16)13-7-6(10)8(15)12-4-11-7/h4-5H,2-3H2,1H3,(H2,11,12,13,15). The van der Waals surface area contributed by atoms with E-state index in [0.29, 0.717) is 9.39 Å². The van der Waals surface area contributed by atoms with E-state index in [1.807, 2.05) is 22.6 Å². The number of nitrogens with one attached hydrogen (secondary N) is 2. The normalized spacial score (nSPS) is 20.2. The molecule has 6 nitrogen and oxygen atoms in total. The molecule has 0 aromatic carbocycles. The summed E-state index contributed by atoms with van der Waals surface area (Å²) in [6, 6.07) is -0.271. The monoisotopic (exact) mass is 334 g/mol. The van der Waals surface area contributed by atoms with Gasteiger partial charge < -0.3 is 15.2 Å². The van der Waals surface area contributed by atoms with Crippen LogP contribution in [0.2, 0.25) is 0 Å². The Balaban J connectivity index is 2.19. The van der Waals surface area contributed by atoms with Crippen molar-refractivity contribution in [3.8, 4) is 0 Å². The summed E-state index contributed by atoms with van der Waals surface area (Å²) < 4.78 is 0.474. The Hall–Kier alpha value is -1.12. The Kier molecular flexibility index (Phi) is 3.13. The number of likely N-dealkylation sites (N-methyl/N-ethyl adjacent to an activating group) is 1. The van der Waals surface area contributed by atoms with Crippen molar-refractivity contribution in [3.63, 3.8) is 0 Å². The fraction of sp³-hybridized carbons (Fsp3) is 0.444. The van der Waals surface area contributed by atoms with E-state index in [9.17, 15) is 9.59 Å². The molecule has 1 aliphatic heterocycles. The summed E-state index contributed by atoms with van der Waals surface area (Å²) in [6.45, 7) is 0.732. The molecule has 0 radical (unpaired) electrons. The second kappa shape index (κ2) is 4.40. The number of likely N-dealkylation sites (tertiary alicyclic amines) is 1. The molecule has 1 amide bonds. The number of carbonyl (C=O) groups is 1. The van der Waals surface area contributed by atoms with Gasteiger partial charge in [0.15, 0.2) is 0 Å².